The number of hydrogen-bond donors (Lipinski definition) is 0. The van der Waals surface area contributed by atoms with Crippen LogP contribution in [0.2, 0.25) is 0 Å². The van der Waals surface area contributed by atoms with Crippen molar-refractivity contribution in [3.63, 3.8) is 0 Å². The minimum absolute atomic E-state index is 0. The first-order valence-electron chi connectivity index (χ1n) is 7.94. The van der Waals surface area contributed by atoms with E-state index in [-0.39, 0.29) is 25.8 Å². The zero-order valence-electron chi connectivity index (χ0n) is 12.5. The van der Waals surface area contributed by atoms with E-state index in [1.165, 1.54) is 50.5 Å². The molecule has 0 saturated heterocycles. The van der Waals surface area contributed by atoms with Crippen LogP contribution in [0.5, 0.6) is 0 Å². The molecule has 0 saturated carbocycles. The SMILES string of the molecule is [Hf].c1ccc(CC[C-]2CCc3ccc4c(c32)CCC4)cc1. The van der Waals surface area contributed by atoms with E-state index in [1.807, 2.05) is 0 Å². The Labute approximate surface area is 146 Å². The Balaban J connectivity index is 0.00000132. The fourth-order valence-corrected chi connectivity index (χ4v) is 3.96. The van der Waals surface area contributed by atoms with Gasteiger partial charge in [0.2, 0.25) is 0 Å². The van der Waals surface area contributed by atoms with Crippen molar-refractivity contribution in [3.8, 4) is 0 Å². The monoisotopic (exact) mass is 441 g/mol. The first kappa shape index (κ1) is 15.1. The largest absolute Gasteiger partial charge is 0.182 e. The Morgan fingerprint density at radius 1 is 0.857 bits per heavy atom. The molecule has 0 radical (unpaired) electrons. The molecule has 2 aromatic rings. The molecule has 1 heteroatoms. The molecule has 21 heavy (non-hydrogen) atoms. The zero-order valence-corrected chi connectivity index (χ0v) is 16.1. The van der Waals surface area contributed by atoms with Crippen molar-refractivity contribution in [2.24, 2.45) is 0 Å². The van der Waals surface area contributed by atoms with Crippen LogP contribution in [0.1, 0.15) is 47.1 Å². The molecule has 0 aliphatic heterocycles. The second-order valence-electron chi connectivity index (χ2n) is 6.18. The van der Waals surface area contributed by atoms with Gasteiger partial charge in [0, 0.05) is 25.8 Å². The predicted octanol–water partition coefficient (Wildman–Crippen LogP) is 4.67. The van der Waals surface area contributed by atoms with Gasteiger partial charge in [-0.15, -0.1) is 22.8 Å². The molecule has 2 aliphatic rings. The maximum atomic E-state index is 2.40. The number of rotatable bonds is 3. The van der Waals surface area contributed by atoms with Gasteiger partial charge in [-0.25, -0.2) is 0 Å². The summed E-state index contributed by atoms with van der Waals surface area (Å²) in [5, 5.41) is 0. The van der Waals surface area contributed by atoms with E-state index < -0.39 is 0 Å². The summed E-state index contributed by atoms with van der Waals surface area (Å²) in [7, 11) is 0. The van der Waals surface area contributed by atoms with Crippen molar-refractivity contribution < 1.29 is 25.8 Å². The van der Waals surface area contributed by atoms with Crippen molar-refractivity contribution >= 4 is 0 Å². The van der Waals surface area contributed by atoms with Crippen molar-refractivity contribution in [2.75, 3.05) is 0 Å². The van der Waals surface area contributed by atoms with Crippen LogP contribution < -0.4 is 0 Å². The van der Waals surface area contributed by atoms with Crippen LogP contribution in [0.15, 0.2) is 42.5 Å². The Hall–Kier alpha value is -0.820. The minimum atomic E-state index is 0. The summed E-state index contributed by atoms with van der Waals surface area (Å²) in [5.74, 6) is 1.72. The molecule has 0 N–H and O–H groups in total. The quantitative estimate of drug-likeness (QED) is 0.481. The van der Waals surface area contributed by atoms with Crippen LogP contribution in [0.4, 0.5) is 0 Å². The van der Waals surface area contributed by atoms with E-state index in [1.54, 1.807) is 28.2 Å². The van der Waals surface area contributed by atoms with Crippen LogP contribution in [0, 0.1) is 5.92 Å². The summed E-state index contributed by atoms with van der Waals surface area (Å²) in [6, 6.07) is 15.7. The Morgan fingerprint density at radius 3 is 2.52 bits per heavy atom. The van der Waals surface area contributed by atoms with Crippen LogP contribution in [-0.2, 0) is 51.5 Å². The molecule has 106 valence electrons. The molecule has 0 amide bonds. The van der Waals surface area contributed by atoms with Crippen LogP contribution in [0.3, 0.4) is 0 Å². The standard InChI is InChI=1S/C20H21.Hf/c1-2-5-15(6-3-1)9-10-17-13-14-18-12-11-16-7-4-8-19(16)20(17)18;/h1-3,5-6,11-12H,4,7-10,13-14H2;/q-1;. The van der Waals surface area contributed by atoms with Gasteiger partial charge in [-0.1, -0.05) is 68.5 Å². The number of aryl methyl sites for hydroxylation is 3. The molecule has 4 rings (SSSR count). The molecule has 2 aliphatic carbocycles. The van der Waals surface area contributed by atoms with Gasteiger partial charge in [0.25, 0.3) is 0 Å². The summed E-state index contributed by atoms with van der Waals surface area (Å²) < 4.78 is 0. The average molecular weight is 440 g/mol. The van der Waals surface area contributed by atoms with Gasteiger partial charge >= 0.3 is 0 Å². The summed E-state index contributed by atoms with van der Waals surface area (Å²) in [6.45, 7) is 0. The summed E-state index contributed by atoms with van der Waals surface area (Å²) in [4.78, 5) is 0. The normalized spacial score (nSPS) is 15.5. The topological polar surface area (TPSA) is 0 Å². The minimum Gasteiger partial charge on any atom is -0.182 e. The van der Waals surface area contributed by atoms with Gasteiger partial charge in [0.15, 0.2) is 0 Å². The fraction of sp³-hybridized carbons (Fsp3) is 0.350. The molecular formula is C20H21Hf-. The van der Waals surface area contributed by atoms with E-state index in [9.17, 15) is 0 Å². The van der Waals surface area contributed by atoms with Gasteiger partial charge in [0.1, 0.15) is 0 Å². The molecular weight excluding hydrogens is 419 g/mol. The van der Waals surface area contributed by atoms with Crippen LogP contribution in [-0.4, -0.2) is 0 Å². The first-order valence-corrected chi connectivity index (χ1v) is 7.94. The molecule has 0 atom stereocenters. The van der Waals surface area contributed by atoms with Crippen molar-refractivity contribution in [1.82, 2.24) is 0 Å². The van der Waals surface area contributed by atoms with E-state index in [0.717, 1.165) is 0 Å². The van der Waals surface area contributed by atoms with Gasteiger partial charge < -0.3 is 0 Å². The van der Waals surface area contributed by atoms with E-state index in [4.69, 9.17) is 0 Å². The van der Waals surface area contributed by atoms with Crippen molar-refractivity contribution in [2.45, 2.75) is 44.9 Å². The van der Waals surface area contributed by atoms with E-state index in [0.29, 0.717) is 0 Å². The smallest absolute Gasteiger partial charge is 0 e. The number of hydrogen-bond acceptors (Lipinski definition) is 0. The van der Waals surface area contributed by atoms with E-state index in [2.05, 4.69) is 42.5 Å². The average Bonchev–Trinajstić information content (AvgIpc) is 3.12. The van der Waals surface area contributed by atoms with Crippen molar-refractivity contribution in [1.29, 1.82) is 0 Å². The maximum absolute atomic E-state index is 2.40. The molecule has 0 spiro atoms. The van der Waals surface area contributed by atoms with Gasteiger partial charge in [-0.2, -0.15) is 11.5 Å². The third-order valence-electron chi connectivity index (χ3n) is 4.98. The molecule has 0 unspecified atom stereocenters. The van der Waals surface area contributed by atoms with Crippen molar-refractivity contribution in [3.05, 3.63) is 76.2 Å². The summed E-state index contributed by atoms with van der Waals surface area (Å²) >= 11 is 0. The molecule has 0 aromatic heterocycles. The van der Waals surface area contributed by atoms with Crippen LogP contribution >= 0.6 is 0 Å². The van der Waals surface area contributed by atoms with Gasteiger partial charge in [-0.3, -0.25) is 0 Å². The predicted molar refractivity (Wildman–Crippen MR) is 83.9 cm³/mol. The van der Waals surface area contributed by atoms with E-state index >= 15 is 0 Å². The Bertz CT molecular complexity index is 615. The third-order valence-corrected chi connectivity index (χ3v) is 4.98. The molecule has 2 aromatic carbocycles. The number of benzene rings is 2. The molecule has 0 heterocycles. The molecule has 0 nitrogen and oxygen atoms in total. The zero-order chi connectivity index (χ0) is 13.4. The number of fused-ring (bicyclic) bond motifs is 3. The summed E-state index contributed by atoms with van der Waals surface area (Å²) in [5.41, 5.74) is 8.09. The fourth-order valence-electron chi connectivity index (χ4n) is 3.96. The summed E-state index contributed by atoms with van der Waals surface area (Å²) in [6.07, 6.45) is 8.97. The third kappa shape index (κ3) is 2.90. The maximum Gasteiger partial charge on any atom is 0 e. The first-order chi connectivity index (χ1) is 9.92. The Morgan fingerprint density at radius 2 is 1.67 bits per heavy atom. The molecule has 0 bridgehead atoms. The second-order valence-corrected chi connectivity index (χ2v) is 6.18. The Kier molecular flexibility index (Phi) is 4.69. The van der Waals surface area contributed by atoms with Crippen LogP contribution in [0.25, 0.3) is 0 Å². The second kappa shape index (κ2) is 6.52. The van der Waals surface area contributed by atoms with Gasteiger partial charge in [0.05, 0.1) is 0 Å². The molecule has 0 fully saturated rings. The van der Waals surface area contributed by atoms with Gasteiger partial charge in [-0.05, 0) is 18.4 Å².